The second kappa shape index (κ2) is 8.06. The lowest BCUT2D eigenvalue weighted by atomic mass is 10.1. The van der Waals surface area contributed by atoms with Crippen LogP contribution in [-0.4, -0.2) is 42.8 Å². The molecule has 0 aliphatic heterocycles. The van der Waals surface area contributed by atoms with E-state index in [1.807, 2.05) is 6.92 Å². The van der Waals surface area contributed by atoms with Gasteiger partial charge in [0.25, 0.3) is 5.91 Å². The number of rotatable bonds is 8. The average Bonchev–Trinajstić information content (AvgIpc) is 2.25. The predicted octanol–water partition coefficient (Wildman–Crippen LogP) is -0.280. The van der Waals surface area contributed by atoms with Crippen molar-refractivity contribution in [3.8, 4) is 0 Å². The molecule has 1 amide bonds. The average molecular weight is 232 g/mol. The third-order valence-electron chi connectivity index (χ3n) is 2.25. The Morgan fingerprint density at radius 3 is 2.50 bits per heavy atom. The first kappa shape index (κ1) is 14.9. The van der Waals surface area contributed by atoms with Gasteiger partial charge in [0.2, 0.25) is 0 Å². The first-order chi connectivity index (χ1) is 7.56. The molecule has 0 aromatic carbocycles. The van der Waals surface area contributed by atoms with Gasteiger partial charge >= 0.3 is 5.97 Å². The Morgan fingerprint density at radius 1 is 1.50 bits per heavy atom. The molecule has 6 nitrogen and oxygen atoms in total. The molecule has 0 radical (unpaired) electrons. The van der Waals surface area contributed by atoms with Gasteiger partial charge in [-0.25, -0.2) is 4.79 Å². The van der Waals surface area contributed by atoms with Crippen LogP contribution in [0.2, 0.25) is 0 Å². The number of carbonyl (C=O) groups excluding carboxylic acids is 1. The molecule has 0 aromatic rings. The van der Waals surface area contributed by atoms with Crippen molar-refractivity contribution in [3.05, 3.63) is 0 Å². The number of hydrogen-bond donors (Lipinski definition) is 3. The molecule has 0 aromatic heterocycles. The van der Waals surface area contributed by atoms with Crippen LogP contribution < -0.4 is 11.1 Å². The number of ether oxygens (including phenoxy) is 1. The zero-order valence-corrected chi connectivity index (χ0v) is 9.73. The van der Waals surface area contributed by atoms with Crippen molar-refractivity contribution in [2.24, 2.45) is 5.73 Å². The fraction of sp³-hybridized carbons (Fsp3) is 0.800. The summed E-state index contributed by atoms with van der Waals surface area (Å²) >= 11 is 0. The summed E-state index contributed by atoms with van der Waals surface area (Å²) in [5, 5.41) is 11.3. The van der Waals surface area contributed by atoms with Crippen LogP contribution in [0.15, 0.2) is 0 Å². The summed E-state index contributed by atoms with van der Waals surface area (Å²) in [4.78, 5) is 22.4. The largest absolute Gasteiger partial charge is 0.480 e. The van der Waals surface area contributed by atoms with Crippen molar-refractivity contribution < 1.29 is 19.4 Å². The van der Waals surface area contributed by atoms with E-state index in [0.717, 1.165) is 12.8 Å². The smallest absolute Gasteiger partial charge is 0.326 e. The molecule has 2 atom stereocenters. The zero-order chi connectivity index (χ0) is 12.6. The second-order valence-electron chi connectivity index (χ2n) is 3.50. The normalized spacial score (nSPS) is 14.2. The number of nitrogens with one attached hydrogen (secondary N) is 1. The van der Waals surface area contributed by atoms with Crippen LogP contribution in [0.25, 0.3) is 0 Å². The standard InChI is InChI=1S/C10H20N2O4/c1-3-4-5-7(10(14)15)12-9(13)8(6-11)16-2/h7-8H,3-6,11H2,1-2H3,(H,12,13)(H,14,15)/t7-,8?/m0/s1. The molecule has 0 fully saturated rings. The van der Waals surface area contributed by atoms with E-state index in [0.29, 0.717) is 6.42 Å². The Labute approximate surface area is 95.1 Å². The van der Waals surface area contributed by atoms with Crippen LogP contribution in [-0.2, 0) is 14.3 Å². The van der Waals surface area contributed by atoms with Crippen molar-refractivity contribution in [1.29, 1.82) is 0 Å². The van der Waals surface area contributed by atoms with Gasteiger partial charge in [-0.3, -0.25) is 4.79 Å². The van der Waals surface area contributed by atoms with Gasteiger partial charge in [-0.2, -0.15) is 0 Å². The Kier molecular flexibility index (Phi) is 7.49. The minimum Gasteiger partial charge on any atom is -0.480 e. The monoisotopic (exact) mass is 232 g/mol. The summed E-state index contributed by atoms with van der Waals surface area (Å²) in [6.45, 7) is 1.99. The highest BCUT2D eigenvalue weighted by Gasteiger charge is 2.23. The van der Waals surface area contributed by atoms with E-state index in [4.69, 9.17) is 15.6 Å². The molecular formula is C10H20N2O4. The SMILES string of the molecule is CCCC[C@H](NC(=O)C(CN)OC)C(=O)O. The molecule has 0 aliphatic rings. The quantitative estimate of drug-likeness (QED) is 0.534. The van der Waals surface area contributed by atoms with Gasteiger partial charge < -0.3 is 20.9 Å². The van der Waals surface area contributed by atoms with Crippen LogP contribution >= 0.6 is 0 Å². The van der Waals surface area contributed by atoms with Crippen molar-refractivity contribution in [1.82, 2.24) is 5.32 Å². The molecule has 16 heavy (non-hydrogen) atoms. The van der Waals surface area contributed by atoms with Crippen LogP contribution in [0.4, 0.5) is 0 Å². The Bertz CT molecular complexity index is 229. The summed E-state index contributed by atoms with van der Waals surface area (Å²) < 4.78 is 4.82. The van der Waals surface area contributed by atoms with Crippen molar-refractivity contribution >= 4 is 11.9 Å². The summed E-state index contributed by atoms with van der Waals surface area (Å²) in [7, 11) is 1.36. The van der Waals surface area contributed by atoms with Gasteiger partial charge in [-0.05, 0) is 6.42 Å². The molecule has 0 saturated carbocycles. The van der Waals surface area contributed by atoms with E-state index < -0.39 is 24.0 Å². The highest BCUT2D eigenvalue weighted by Crippen LogP contribution is 2.01. The Hall–Kier alpha value is -1.14. The molecule has 0 heterocycles. The molecular weight excluding hydrogens is 212 g/mol. The predicted molar refractivity (Wildman–Crippen MR) is 58.9 cm³/mol. The number of carboxylic acid groups (broad SMARTS) is 1. The summed E-state index contributed by atoms with van der Waals surface area (Å²) in [5.74, 6) is -1.51. The van der Waals surface area contributed by atoms with Crippen molar-refractivity contribution in [3.63, 3.8) is 0 Å². The van der Waals surface area contributed by atoms with Gasteiger partial charge in [-0.1, -0.05) is 19.8 Å². The molecule has 1 unspecified atom stereocenters. The van der Waals surface area contributed by atoms with Gasteiger partial charge in [0.05, 0.1) is 0 Å². The zero-order valence-electron chi connectivity index (χ0n) is 9.73. The number of methoxy groups -OCH3 is 1. The Balaban J connectivity index is 4.27. The first-order valence-electron chi connectivity index (χ1n) is 5.32. The van der Waals surface area contributed by atoms with E-state index in [1.165, 1.54) is 7.11 Å². The summed E-state index contributed by atoms with van der Waals surface area (Å²) in [6.07, 6.45) is 1.25. The molecule has 0 spiro atoms. The molecule has 6 heteroatoms. The number of carboxylic acids is 1. The number of amides is 1. The van der Waals surface area contributed by atoms with Crippen LogP contribution in [0.3, 0.4) is 0 Å². The highest BCUT2D eigenvalue weighted by molar-refractivity contribution is 5.86. The maximum Gasteiger partial charge on any atom is 0.326 e. The van der Waals surface area contributed by atoms with Crippen LogP contribution in [0.5, 0.6) is 0 Å². The minimum absolute atomic E-state index is 0.0302. The van der Waals surface area contributed by atoms with Gasteiger partial charge in [-0.15, -0.1) is 0 Å². The fourth-order valence-electron chi connectivity index (χ4n) is 1.24. The number of unbranched alkanes of at least 4 members (excludes halogenated alkanes) is 1. The van der Waals surface area contributed by atoms with Crippen molar-refractivity contribution in [2.45, 2.75) is 38.3 Å². The number of aliphatic carboxylic acids is 1. The summed E-state index contributed by atoms with van der Waals surface area (Å²) in [5.41, 5.74) is 5.30. The summed E-state index contributed by atoms with van der Waals surface area (Å²) in [6, 6.07) is -0.864. The third kappa shape index (κ3) is 5.09. The van der Waals surface area contributed by atoms with E-state index in [-0.39, 0.29) is 6.54 Å². The van der Waals surface area contributed by atoms with E-state index in [2.05, 4.69) is 5.32 Å². The maximum atomic E-state index is 11.5. The van der Waals surface area contributed by atoms with Gasteiger partial charge in [0, 0.05) is 13.7 Å². The van der Waals surface area contributed by atoms with Gasteiger partial charge in [0.15, 0.2) is 0 Å². The molecule has 4 N–H and O–H groups in total. The second-order valence-corrected chi connectivity index (χ2v) is 3.50. The highest BCUT2D eigenvalue weighted by atomic mass is 16.5. The lowest BCUT2D eigenvalue weighted by molar-refractivity contribution is -0.144. The number of nitrogens with two attached hydrogens (primary N) is 1. The topological polar surface area (TPSA) is 102 Å². The van der Waals surface area contributed by atoms with E-state index >= 15 is 0 Å². The molecule has 0 aliphatic carbocycles. The molecule has 0 rings (SSSR count). The molecule has 0 bridgehead atoms. The van der Waals surface area contributed by atoms with Crippen molar-refractivity contribution in [2.75, 3.05) is 13.7 Å². The molecule has 0 saturated heterocycles. The first-order valence-corrected chi connectivity index (χ1v) is 5.32. The fourth-order valence-corrected chi connectivity index (χ4v) is 1.24. The van der Waals surface area contributed by atoms with Gasteiger partial charge in [0.1, 0.15) is 12.1 Å². The number of carbonyl (C=O) groups is 2. The maximum absolute atomic E-state index is 11.5. The lowest BCUT2D eigenvalue weighted by Crippen LogP contribution is -2.48. The minimum atomic E-state index is -1.03. The van der Waals surface area contributed by atoms with E-state index in [1.54, 1.807) is 0 Å². The lowest BCUT2D eigenvalue weighted by Gasteiger charge is -2.18. The Morgan fingerprint density at radius 2 is 2.12 bits per heavy atom. The third-order valence-corrected chi connectivity index (χ3v) is 2.25. The van der Waals surface area contributed by atoms with Crippen LogP contribution in [0.1, 0.15) is 26.2 Å². The van der Waals surface area contributed by atoms with Crippen LogP contribution in [0, 0.1) is 0 Å². The number of hydrogen-bond acceptors (Lipinski definition) is 4. The van der Waals surface area contributed by atoms with E-state index in [9.17, 15) is 9.59 Å². The molecule has 94 valence electrons.